The molecule has 20 heavy (non-hydrogen) atoms. The first-order chi connectivity index (χ1) is 9.65. The Labute approximate surface area is 126 Å². The summed E-state index contributed by atoms with van der Waals surface area (Å²) in [6, 6.07) is 14.2. The van der Waals surface area contributed by atoms with E-state index in [0.717, 1.165) is 15.9 Å². The Hall–Kier alpha value is -1.52. The third kappa shape index (κ3) is 2.09. The molecule has 0 unspecified atom stereocenters. The summed E-state index contributed by atoms with van der Waals surface area (Å²) in [5, 5.41) is 0. The number of benzene rings is 2. The molecular weight excluding hydrogens is 318 g/mol. The quantitative estimate of drug-likeness (QED) is 0.876. The van der Waals surface area contributed by atoms with Crippen molar-refractivity contribution in [1.29, 1.82) is 0 Å². The molecule has 0 spiro atoms. The van der Waals surface area contributed by atoms with E-state index < -0.39 is 0 Å². The molecule has 0 bridgehead atoms. The van der Waals surface area contributed by atoms with Crippen LogP contribution in [0.5, 0.6) is 5.75 Å². The van der Waals surface area contributed by atoms with Crippen molar-refractivity contribution in [1.82, 2.24) is 0 Å². The molecule has 4 heteroatoms. The molecule has 1 aliphatic heterocycles. The van der Waals surface area contributed by atoms with Gasteiger partial charge < -0.3 is 15.2 Å². The van der Waals surface area contributed by atoms with Crippen LogP contribution >= 0.6 is 15.9 Å². The fourth-order valence-corrected chi connectivity index (χ4v) is 3.11. The molecule has 0 atom stereocenters. The molecule has 0 aliphatic carbocycles. The number of ether oxygens (including phenoxy) is 2. The summed E-state index contributed by atoms with van der Waals surface area (Å²) >= 11 is 3.55. The standard InChI is InChI=1S/C16H16BrNO2/c1-19-15-7-4-12(8-14(15)17)16(9-20-10-16)11-2-5-13(18)6-3-11/h2-8H,9-10,18H2,1H3. The lowest BCUT2D eigenvalue weighted by Crippen LogP contribution is -2.47. The van der Waals surface area contributed by atoms with Gasteiger partial charge in [-0.1, -0.05) is 18.2 Å². The first-order valence-corrected chi connectivity index (χ1v) is 7.23. The van der Waals surface area contributed by atoms with Gasteiger partial charge in [0.05, 0.1) is 30.2 Å². The number of nitrogen functional groups attached to an aromatic ring is 1. The van der Waals surface area contributed by atoms with Gasteiger partial charge in [0.15, 0.2) is 0 Å². The lowest BCUT2D eigenvalue weighted by molar-refractivity contribution is -0.0380. The van der Waals surface area contributed by atoms with Gasteiger partial charge in [-0.2, -0.15) is 0 Å². The summed E-state index contributed by atoms with van der Waals surface area (Å²) < 4.78 is 11.7. The van der Waals surface area contributed by atoms with E-state index >= 15 is 0 Å². The highest BCUT2D eigenvalue weighted by atomic mass is 79.9. The van der Waals surface area contributed by atoms with Crippen molar-refractivity contribution in [2.75, 3.05) is 26.1 Å². The Morgan fingerprint density at radius 1 is 1.10 bits per heavy atom. The fourth-order valence-electron chi connectivity index (χ4n) is 2.57. The van der Waals surface area contributed by atoms with E-state index in [9.17, 15) is 0 Å². The fraction of sp³-hybridized carbons (Fsp3) is 0.250. The molecule has 1 saturated heterocycles. The Morgan fingerprint density at radius 3 is 2.25 bits per heavy atom. The Bertz CT molecular complexity index is 621. The van der Waals surface area contributed by atoms with E-state index in [1.807, 2.05) is 18.2 Å². The maximum absolute atomic E-state index is 5.77. The highest BCUT2D eigenvalue weighted by molar-refractivity contribution is 9.10. The predicted molar refractivity (Wildman–Crippen MR) is 83.1 cm³/mol. The van der Waals surface area contributed by atoms with Crippen LogP contribution in [0.1, 0.15) is 11.1 Å². The summed E-state index contributed by atoms with van der Waals surface area (Å²) in [6.07, 6.45) is 0. The lowest BCUT2D eigenvalue weighted by Gasteiger charge is -2.42. The highest BCUT2D eigenvalue weighted by Gasteiger charge is 2.42. The average molecular weight is 334 g/mol. The highest BCUT2D eigenvalue weighted by Crippen LogP contribution is 2.41. The molecule has 1 heterocycles. The summed E-state index contributed by atoms with van der Waals surface area (Å²) in [6.45, 7) is 1.38. The van der Waals surface area contributed by atoms with E-state index in [-0.39, 0.29) is 5.41 Å². The van der Waals surface area contributed by atoms with E-state index in [1.54, 1.807) is 7.11 Å². The molecule has 2 N–H and O–H groups in total. The zero-order chi connectivity index (χ0) is 14.2. The van der Waals surface area contributed by atoms with Gasteiger partial charge >= 0.3 is 0 Å². The largest absolute Gasteiger partial charge is 0.496 e. The zero-order valence-corrected chi connectivity index (χ0v) is 12.8. The predicted octanol–water partition coefficient (Wildman–Crippen LogP) is 3.36. The van der Waals surface area contributed by atoms with Crippen LogP contribution in [0.3, 0.4) is 0 Å². The summed E-state index contributed by atoms with van der Waals surface area (Å²) in [7, 11) is 1.67. The number of hydrogen-bond acceptors (Lipinski definition) is 3. The molecule has 104 valence electrons. The van der Waals surface area contributed by atoms with E-state index in [0.29, 0.717) is 13.2 Å². The molecule has 0 amide bonds. The summed E-state index contributed by atoms with van der Waals surface area (Å²) in [5.41, 5.74) is 8.93. The van der Waals surface area contributed by atoms with Crippen molar-refractivity contribution in [2.45, 2.75) is 5.41 Å². The second-order valence-corrected chi connectivity index (χ2v) is 5.90. The number of methoxy groups -OCH3 is 1. The molecule has 2 aromatic carbocycles. The van der Waals surface area contributed by atoms with Crippen molar-refractivity contribution in [2.24, 2.45) is 0 Å². The van der Waals surface area contributed by atoms with E-state index in [4.69, 9.17) is 15.2 Å². The molecule has 1 aliphatic rings. The van der Waals surface area contributed by atoms with Gasteiger partial charge in [-0.25, -0.2) is 0 Å². The average Bonchev–Trinajstić information content (AvgIpc) is 2.40. The van der Waals surface area contributed by atoms with Crippen LogP contribution in [0.25, 0.3) is 0 Å². The van der Waals surface area contributed by atoms with E-state index in [1.165, 1.54) is 11.1 Å². The number of nitrogens with two attached hydrogens (primary N) is 1. The minimum atomic E-state index is -0.0809. The SMILES string of the molecule is COc1ccc(C2(c3ccc(N)cc3)COC2)cc1Br. The summed E-state index contributed by atoms with van der Waals surface area (Å²) in [4.78, 5) is 0. The minimum absolute atomic E-state index is 0.0809. The molecule has 1 fully saturated rings. The van der Waals surface area contributed by atoms with Gasteiger partial charge in [0, 0.05) is 5.69 Å². The molecule has 3 nitrogen and oxygen atoms in total. The lowest BCUT2D eigenvalue weighted by atomic mass is 9.73. The van der Waals surface area contributed by atoms with Gasteiger partial charge in [-0.3, -0.25) is 0 Å². The van der Waals surface area contributed by atoms with Gasteiger partial charge in [-0.05, 0) is 51.3 Å². The topological polar surface area (TPSA) is 44.5 Å². The van der Waals surface area contributed by atoms with Gasteiger partial charge in [0.25, 0.3) is 0 Å². The van der Waals surface area contributed by atoms with Crippen LogP contribution < -0.4 is 10.5 Å². The molecular formula is C16H16BrNO2. The molecule has 0 aromatic heterocycles. The molecule has 2 aromatic rings. The van der Waals surface area contributed by atoms with E-state index in [2.05, 4.69) is 40.2 Å². The van der Waals surface area contributed by atoms with Crippen LogP contribution in [0.15, 0.2) is 46.9 Å². The number of hydrogen-bond donors (Lipinski definition) is 1. The second kappa shape index (κ2) is 5.11. The van der Waals surface area contributed by atoms with Crippen molar-refractivity contribution in [3.8, 4) is 5.75 Å². The number of halogens is 1. The second-order valence-electron chi connectivity index (χ2n) is 5.05. The number of rotatable bonds is 3. The molecule has 3 rings (SSSR count). The van der Waals surface area contributed by atoms with Crippen molar-refractivity contribution < 1.29 is 9.47 Å². The van der Waals surface area contributed by atoms with Crippen molar-refractivity contribution in [3.05, 3.63) is 58.1 Å². The Balaban J connectivity index is 2.04. The van der Waals surface area contributed by atoms with Crippen LogP contribution in [-0.2, 0) is 10.2 Å². The minimum Gasteiger partial charge on any atom is -0.496 e. The Kier molecular flexibility index (Phi) is 3.44. The maximum Gasteiger partial charge on any atom is 0.133 e. The Morgan fingerprint density at radius 2 is 1.75 bits per heavy atom. The van der Waals surface area contributed by atoms with Crippen molar-refractivity contribution in [3.63, 3.8) is 0 Å². The maximum atomic E-state index is 5.77. The van der Waals surface area contributed by atoms with Crippen LogP contribution in [0.4, 0.5) is 5.69 Å². The normalized spacial score (nSPS) is 16.5. The van der Waals surface area contributed by atoms with Gasteiger partial charge in [0.1, 0.15) is 5.75 Å². The van der Waals surface area contributed by atoms with Gasteiger partial charge in [-0.15, -0.1) is 0 Å². The smallest absolute Gasteiger partial charge is 0.133 e. The van der Waals surface area contributed by atoms with Crippen LogP contribution in [0, 0.1) is 0 Å². The van der Waals surface area contributed by atoms with Crippen molar-refractivity contribution >= 4 is 21.6 Å². The first-order valence-electron chi connectivity index (χ1n) is 6.43. The third-order valence-corrected chi connectivity index (χ3v) is 4.48. The van der Waals surface area contributed by atoms with Crippen LogP contribution in [0.2, 0.25) is 0 Å². The summed E-state index contributed by atoms with van der Waals surface area (Å²) in [5.74, 6) is 0.835. The molecule has 0 radical (unpaired) electrons. The third-order valence-electron chi connectivity index (χ3n) is 3.86. The first kappa shape index (κ1) is 13.5. The molecule has 0 saturated carbocycles. The zero-order valence-electron chi connectivity index (χ0n) is 11.2. The van der Waals surface area contributed by atoms with Crippen LogP contribution in [-0.4, -0.2) is 20.3 Å². The van der Waals surface area contributed by atoms with Gasteiger partial charge in [0.2, 0.25) is 0 Å². The monoisotopic (exact) mass is 333 g/mol. The number of anilines is 1.